The molecule has 1 unspecified atom stereocenters. The zero-order valence-electron chi connectivity index (χ0n) is 14.6. The maximum Gasteiger partial charge on any atom is 0.317 e. The number of hydrogen-bond donors (Lipinski definition) is 1. The summed E-state index contributed by atoms with van der Waals surface area (Å²) in [7, 11) is 0. The molecule has 1 saturated heterocycles. The number of benzene rings is 2. The Labute approximate surface area is 151 Å². The Bertz CT molecular complexity index is 770. The normalized spacial score (nSPS) is 20.0. The van der Waals surface area contributed by atoms with E-state index in [1.807, 2.05) is 42.2 Å². The fraction of sp³-hybridized carbons (Fsp3) is 0.350. The number of aliphatic carboxylic acids is 1. The van der Waals surface area contributed by atoms with E-state index in [0.29, 0.717) is 25.2 Å². The summed E-state index contributed by atoms with van der Waals surface area (Å²) in [6.45, 7) is 3.76. The average Bonchev–Trinajstić information content (AvgIpc) is 2.60. The fourth-order valence-corrected chi connectivity index (χ4v) is 3.61. The molecule has 1 heterocycles. The predicted octanol–water partition coefficient (Wildman–Crippen LogP) is 3.14. The van der Waals surface area contributed by atoms with Gasteiger partial charge in [-0.2, -0.15) is 0 Å². The number of halogens is 2. The second-order valence-electron chi connectivity index (χ2n) is 6.69. The lowest BCUT2D eigenvalue weighted by molar-refractivity contribution is -0.139. The van der Waals surface area contributed by atoms with Crippen molar-refractivity contribution in [2.24, 2.45) is 0 Å². The summed E-state index contributed by atoms with van der Waals surface area (Å²) in [5.74, 6) is -2.02. The van der Waals surface area contributed by atoms with Crippen molar-refractivity contribution in [2.45, 2.75) is 19.0 Å². The molecule has 1 aliphatic rings. The van der Waals surface area contributed by atoms with Gasteiger partial charge in [0.1, 0.15) is 11.6 Å². The largest absolute Gasteiger partial charge is 0.480 e. The molecule has 0 radical (unpaired) electrons. The molecule has 2 aromatic rings. The summed E-state index contributed by atoms with van der Waals surface area (Å²) in [6.07, 6.45) is 0. The number of nitrogens with zero attached hydrogens (tertiary/aromatic N) is 2. The Balaban J connectivity index is 1.91. The maximum absolute atomic E-state index is 14.5. The molecule has 1 N–H and O–H groups in total. The van der Waals surface area contributed by atoms with Crippen LogP contribution in [0.3, 0.4) is 0 Å². The van der Waals surface area contributed by atoms with Gasteiger partial charge >= 0.3 is 5.97 Å². The summed E-state index contributed by atoms with van der Waals surface area (Å²) in [5, 5.41) is 9.04. The molecule has 0 saturated carbocycles. The van der Waals surface area contributed by atoms with Crippen molar-refractivity contribution in [3.05, 3.63) is 71.3 Å². The first-order valence-corrected chi connectivity index (χ1v) is 8.65. The number of hydrogen-bond acceptors (Lipinski definition) is 3. The van der Waals surface area contributed by atoms with Crippen LogP contribution >= 0.6 is 0 Å². The molecule has 1 fully saturated rings. The summed E-state index contributed by atoms with van der Waals surface area (Å²) in [6, 6.07) is 12.9. The van der Waals surface area contributed by atoms with E-state index in [0.717, 1.165) is 11.6 Å². The minimum absolute atomic E-state index is 0.00405. The predicted molar refractivity (Wildman–Crippen MR) is 94.9 cm³/mol. The van der Waals surface area contributed by atoms with E-state index in [4.69, 9.17) is 5.11 Å². The van der Waals surface area contributed by atoms with Crippen molar-refractivity contribution in [3.63, 3.8) is 0 Å². The molecule has 2 atom stereocenters. The Morgan fingerprint density at radius 1 is 1.19 bits per heavy atom. The third-order valence-corrected chi connectivity index (χ3v) is 4.87. The van der Waals surface area contributed by atoms with Crippen LogP contribution in [0.2, 0.25) is 0 Å². The molecule has 0 aromatic heterocycles. The van der Waals surface area contributed by atoms with E-state index in [-0.39, 0.29) is 18.6 Å². The van der Waals surface area contributed by atoms with Crippen molar-refractivity contribution in [3.8, 4) is 0 Å². The molecular formula is C20H22F2N2O2. The summed E-state index contributed by atoms with van der Waals surface area (Å²) >= 11 is 0. The first kappa shape index (κ1) is 18.5. The van der Waals surface area contributed by atoms with Crippen LogP contribution in [0.5, 0.6) is 0 Å². The van der Waals surface area contributed by atoms with Crippen LogP contribution in [0.1, 0.15) is 24.1 Å². The maximum atomic E-state index is 14.5. The van der Waals surface area contributed by atoms with Gasteiger partial charge in [0.25, 0.3) is 0 Å². The van der Waals surface area contributed by atoms with Gasteiger partial charge in [0, 0.05) is 37.3 Å². The van der Waals surface area contributed by atoms with Gasteiger partial charge in [0.05, 0.1) is 12.6 Å². The van der Waals surface area contributed by atoms with Crippen molar-refractivity contribution >= 4 is 5.97 Å². The molecule has 1 aliphatic heterocycles. The number of carboxylic acids is 1. The molecule has 26 heavy (non-hydrogen) atoms. The van der Waals surface area contributed by atoms with E-state index >= 15 is 0 Å². The van der Waals surface area contributed by atoms with Gasteiger partial charge in [-0.15, -0.1) is 0 Å². The number of carboxylic acid groups (broad SMARTS) is 1. The van der Waals surface area contributed by atoms with Crippen molar-refractivity contribution in [2.75, 3.05) is 26.2 Å². The molecule has 3 rings (SSSR count). The molecule has 4 nitrogen and oxygen atoms in total. The Hall–Kier alpha value is -2.31. The van der Waals surface area contributed by atoms with E-state index in [9.17, 15) is 13.6 Å². The van der Waals surface area contributed by atoms with Crippen LogP contribution in [-0.4, -0.2) is 53.1 Å². The van der Waals surface area contributed by atoms with Crippen LogP contribution in [0, 0.1) is 11.6 Å². The number of carbonyl (C=O) groups is 1. The van der Waals surface area contributed by atoms with Gasteiger partial charge in [0.15, 0.2) is 0 Å². The molecule has 2 aromatic carbocycles. The minimum atomic E-state index is -0.852. The highest BCUT2D eigenvalue weighted by Gasteiger charge is 2.32. The minimum Gasteiger partial charge on any atom is -0.480 e. The molecule has 0 bridgehead atoms. The van der Waals surface area contributed by atoms with Gasteiger partial charge < -0.3 is 5.11 Å². The van der Waals surface area contributed by atoms with Crippen LogP contribution in [0.15, 0.2) is 48.5 Å². The summed E-state index contributed by atoms with van der Waals surface area (Å²) in [5.41, 5.74) is 1.35. The van der Waals surface area contributed by atoms with E-state index in [1.54, 1.807) is 0 Å². The van der Waals surface area contributed by atoms with E-state index < -0.39 is 17.6 Å². The van der Waals surface area contributed by atoms with Crippen LogP contribution in [0.4, 0.5) is 8.78 Å². The highest BCUT2D eigenvalue weighted by Crippen LogP contribution is 2.32. The van der Waals surface area contributed by atoms with Crippen LogP contribution in [0.25, 0.3) is 0 Å². The lowest BCUT2D eigenvalue weighted by atomic mass is 9.95. The molecule has 0 aliphatic carbocycles. The molecule has 0 amide bonds. The van der Waals surface area contributed by atoms with Gasteiger partial charge in [-0.1, -0.05) is 36.4 Å². The lowest BCUT2D eigenvalue weighted by Crippen LogP contribution is -2.54. The smallest absolute Gasteiger partial charge is 0.317 e. The molecular weight excluding hydrogens is 338 g/mol. The average molecular weight is 360 g/mol. The Morgan fingerprint density at radius 2 is 1.92 bits per heavy atom. The second-order valence-corrected chi connectivity index (χ2v) is 6.69. The second kappa shape index (κ2) is 7.93. The first-order valence-electron chi connectivity index (χ1n) is 8.65. The summed E-state index contributed by atoms with van der Waals surface area (Å²) < 4.78 is 27.9. The van der Waals surface area contributed by atoms with Gasteiger partial charge in [-0.25, -0.2) is 8.78 Å². The van der Waals surface area contributed by atoms with Crippen LogP contribution < -0.4 is 0 Å². The zero-order chi connectivity index (χ0) is 18.7. The lowest BCUT2D eigenvalue weighted by Gasteiger charge is -2.43. The molecule has 138 valence electrons. The van der Waals surface area contributed by atoms with Crippen molar-refractivity contribution < 1.29 is 18.7 Å². The van der Waals surface area contributed by atoms with Gasteiger partial charge in [-0.05, 0) is 18.6 Å². The van der Waals surface area contributed by atoms with Crippen molar-refractivity contribution in [1.82, 2.24) is 9.80 Å². The number of piperazine rings is 1. The first-order chi connectivity index (χ1) is 12.5. The Morgan fingerprint density at radius 3 is 2.54 bits per heavy atom. The van der Waals surface area contributed by atoms with E-state index in [2.05, 4.69) is 4.90 Å². The molecule has 0 spiro atoms. The fourth-order valence-electron chi connectivity index (χ4n) is 3.61. The monoisotopic (exact) mass is 360 g/mol. The number of rotatable bonds is 5. The quantitative estimate of drug-likeness (QED) is 0.890. The zero-order valence-corrected chi connectivity index (χ0v) is 14.6. The van der Waals surface area contributed by atoms with Gasteiger partial charge in [0.2, 0.25) is 0 Å². The third kappa shape index (κ3) is 4.08. The molecule has 6 heteroatoms. The Kier molecular flexibility index (Phi) is 5.64. The SMILES string of the molecule is CC1CN([C@@H](c2ccccc2)c2ccc(F)cc2F)CCN1CC(=O)O. The topological polar surface area (TPSA) is 43.8 Å². The van der Waals surface area contributed by atoms with Crippen molar-refractivity contribution in [1.29, 1.82) is 0 Å². The highest BCUT2D eigenvalue weighted by atomic mass is 19.1. The highest BCUT2D eigenvalue weighted by molar-refractivity contribution is 5.69. The standard InChI is InChI=1S/C20H22F2N2O2/c1-14-12-24(10-9-23(14)13-19(25)26)20(15-5-3-2-4-6-15)17-8-7-16(21)11-18(17)22/h2-8,11,14,20H,9-10,12-13H2,1H3,(H,25,26)/t14?,20-/m0/s1. The summed E-state index contributed by atoms with van der Waals surface area (Å²) in [4.78, 5) is 15.0. The third-order valence-electron chi connectivity index (χ3n) is 4.87. The van der Waals surface area contributed by atoms with E-state index in [1.165, 1.54) is 12.1 Å². The van der Waals surface area contributed by atoms with Gasteiger partial charge in [-0.3, -0.25) is 14.6 Å². The van der Waals surface area contributed by atoms with Crippen LogP contribution in [-0.2, 0) is 4.79 Å².